The highest BCUT2D eigenvalue weighted by molar-refractivity contribution is 7.99. The number of amides is 1. The van der Waals surface area contributed by atoms with Gasteiger partial charge in [0.05, 0.1) is 23.0 Å². The van der Waals surface area contributed by atoms with Gasteiger partial charge in [-0.15, -0.1) is 11.3 Å². The van der Waals surface area contributed by atoms with E-state index < -0.39 is 0 Å². The summed E-state index contributed by atoms with van der Waals surface area (Å²) in [6.45, 7) is 2.28. The molecule has 0 radical (unpaired) electrons. The SMILES string of the molecule is Cc1ccc(NC(=O)CSc2nc3c(oc4ccccc43)c(=O)n2Cc2cccs2)c(Cl)c1. The van der Waals surface area contributed by atoms with E-state index in [4.69, 9.17) is 21.0 Å². The highest BCUT2D eigenvalue weighted by Crippen LogP contribution is 2.28. The number of thioether (sulfide) groups is 1. The molecule has 0 atom stereocenters. The Hall–Kier alpha value is -3.07. The third kappa shape index (κ3) is 4.42. The summed E-state index contributed by atoms with van der Waals surface area (Å²) in [5.41, 5.74) is 2.61. The van der Waals surface area contributed by atoms with Crippen molar-refractivity contribution in [1.29, 1.82) is 0 Å². The van der Waals surface area contributed by atoms with Gasteiger partial charge in [0.1, 0.15) is 11.1 Å². The van der Waals surface area contributed by atoms with Crippen molar-refractivity contribution < 1.29 is 9.21 Å². The predicted octanol–water partition coefficient (Wildman–Crippen LogP) is 5.95. The standard InChI is InChI=1S/C24H18ClN3O3S2/c1-14-8-9-18(17(25)11-14)26-20(29)13-33-24-27-21-16-6-2-3-7-19(16)31-22(21)23(30)28(24)12-15-5-4-10-32-15/h2-11H,12-13H2,1H3,(H,26,29). The Bertz CT molecular complexity index is 1540. The molecule has 0 aliphatic rings. The third-order valence-corrected chi connectivity index (χ3v) is 7.22. The Morgan fingerprint density at radius 1 is 1.21 bits per heavy atom. The van der Waals surface area contributed by atoms with Gasteiger partial charge in [0.25, 0.3) is 5.56 Å². The Kier molecular flexibility index (Phi) is 5.97. The summed E-state index contributed by atoms with van der Waals surface area (Å²) in [4.78, 5) is 31.7. The van der Waals surface area contributed by atoms with Crippen LogP contribution in [0.4, 0.5) is 5.69 Å². The Morgan fingerprint density at radius 3 is 2.85 bits per heavy atom. The van der Waals surface area contributed by atoms with Gasteiger partial charge < -0.3 is 9.73 Å². The van der Waals surface area contributed by atoms with E-state index in [1.165, 1.54) is 11.8 Å². The van der Waals surface area contributed by atoms with Crippen LogP contribution in [0, 0.1) is 6.92 Å². The van der Waals surface area contributed by atoms with Gasteiger partial charge in [0, 0.05) is 10.3 Å². The number of anilines is 1. The van der Waals surface area contributed by atoms with Crippen molar-refractivity contribution in [3.8, 4) is 0 Å². The molecule has 33 heavy (non-hydrogen) atoms. The zero-order valence-electron chi connectivity index (χ0n) is 17.5. The molecular formula is C24H18ClN3O3S2. The third-order valence-electron chi connectivity index (χ3n) is 5.07. The zero-order chi connectivity index (χ0) is 22.9. The smallest absolute Gasteiger partial charge is 0.298 e. The molecule has 6 nitrogen and oxygen atoms in total. The average molecular weight is 496 g/mol. The summed E-state index contributed by atoms with van der Waals surface area (Å²) in [5, 5.41) is 6.49. The summed E-state index contributed by atoms with van der Waals surface area (Å²) in [6.07, 6.45) is 0. The molecule has 5 aromatic rings. The van der Waals surface area contributed by atoms with Crippen LogP contribution in [-0.4, -0.2) is 21.2 Å². The minimum Gasteiger partial charge on any atom is -0.448 e. The number of hydrogen-bond donors (Lipinski definition) is 1. The van der Waals surface area contributed by atoms with E-state index in [2.05, 4.69) is 5.32 Å². The minimum absolute atomic E-state index is 0.0718. The molecule has 0 aliphatic carbocycles. The lowest BCUT2D eigenvalue weighted by atomic mass is 10.2. The van der Waals surface area contributed by atoms with E-state index in [0.717, 1.165) is 15.8 Å². The van der Waals surface area contributed by atoms with Crippen LogP contribution in [0.1, 0.15) is 10.4 Å². The van der Waals surface area contributed by atoms with Gasteiger partial charge >= 0.3 is 0 Å². The largest absolute Gasteiger partial charge is 0.448 e. The number of hydrogen-bond acceptors (Lipinski definition) is 6. The van der Waals surface area contributed by atoms with Crippen molar-refractivity contribution in [3.05, 3.63) is 85.8 Å². The molecule has 166 valence electrons. The number of fused-ring (bicyclic) bond motifs is 3. The number of para-hydroxylation sites is 1. The first-order chi connectivity index (χ1) is 16.0. The van der Waals surface area contributed by atoms with Gasteiger partial charge in [-0.3, -0.25) is 14.2 Å². The van der Waals surface area contributed by atoms with Crippen molar-refractivity contribution in [2.45, 2.75) is 18.6 Å². The van der Waals surface area contributed by atoms with Crippen molar-refractivity contribution in [3.63, 3.8) is 0 Å². The Balaban J connectivity index is 1.49. The van der Waals surface area contributed by atoms with E-state index >= 15 is 0 Å². The highest BCUT2D eigenvalue weighted by atomic mass is 35.5. The molecule has 0 saturated heterocycles. The second-order valence-corrected chi connectivity index (χ2v) is 9.84. The molecule has 5 rings (SSSR count). The van der Waals surface area contributed by atoms with Gasteiger partial charge in [-0.1, -0.05) is 47.6 Å². The van der Waals surface area contributed by atoms with Crippen LogP contribution in [0.5, 0.6) is 0 Å². The zero-order valence-corrected chi connectivity index (χ0v) is 19.9. The first kappa shape index (κ1) is 21.8. The summed E-state index contributed by atoms with van der Waals surface area (Å²) >= 11 is 9.00. The number of furan rings is 1. The molecule has 3 heterocycles. The van der Waals surface area contributed by atoms with Crippen LogP contribution in [0.15, 0.2) is 74.3 Å². The fraction of sp³-hybridized carbons (Fsp3) is 0.125. The number of carbonyl (C=O) groups excluding carboxylic acids is 1. The molecule has 0 unspecified atom stereocenters. The molecule has 2 aromatic carbocycles. The van der Waals surface area contributed by atoms with Gasteiger partial charge in [-0.05, 0) is 48.2 Å². The second kappa shape index (κ2) is 9.05. The van der Waals surface area contributed by atoms with Crippen LogP contribution in [0.2, 0.25) is 5.02 Å². The second-order valence-electron chi connectivity index (χ2n) is 7.46. The molecular weight excluding hydrogens is 478 g/mol. The molecule has 0 fully saturated rings. The molecule has 1 N–H and O–H groups in total. The fourth-order valence-corrected chi connectivity index (χ4v) is 5.27. The summed E-state index contributed by atoms with van der Waals surface area (Å²) in [6, 6.07) is 16.8. The number of thiophene rings is 1. The van der Waals surface area contributed by atoms with Crippen LogP contribution >= 0.6 is 34.7 Å². The number of aromatic nitrogens is 2. The number of benzene rings is 2. The van der Waals surface area contributed by atoms with Crippen molar-refractivity contribution in [2.75, 3.05) is 11.1 Å². The predicted molar refractivity (Wildman–Crippen MR) is 135 cm³/mol. The first-order valence-electron chi connectivity index (χ1n) is 10.1. The fourth-order valence-electron chi connectivity index (χ4n) is 3.50. The molecule has 3 aromatic heterocycles. The maximum absolute atomic E-state index is 13.4. The Morgan fingerprint density at radius 2 is 2.06 bits per heavy atom. The van der Waals surface area contributed by atoms with Crippen LogP contribution in [0.25, 0.3) is 22.1 Å². The molecule has 1 amide bonds. The topological polar surface area (TPSA) is 77.1 Å². The van der Waals surface area contributed by atoms with E-state index in [1.54, 1.807) is 28.0 Å². The number of nitrogens with one attached hydrogen (secondary N) is 1. The Labute approximate surface area is 202 Å². The van der Waals surface area contributed by atoms with E-state index in [-0.39, 0.29) is 22.8 Å². The lowest BCUT2D eigenvalue weighted by molar-refractivity contribution is -0.113. The number of halogens is 1. The average Bonchev–Trinajstić information content (AvgIpc) is 3.44. The number of aryl methyl sites for hydroxylation is 1. The van der Waals surface area contributed by atoms with Crippen LogP contribution in [-0.2, 0) is 11.3 Å². The quantitative estimate of drug-likeness (QED) is 0.233. The molecule has 0 saturated carbocycles. The summed E-state index contributed by atoms with van der Waals surface area (Å²) < 4.78 is 7.39. The molecule has 9 heteroatoms. The van der Waals surface area contributed by atoms with E-state index in [0.29, 0.717) is 33.5 Å². The number of carbonyl (C=O) groups is 1. The van der Waals surface area contributed by atoms with Crippen LogP contribution in [0.3, 0.4) is 0 Å². The lowest BCUT2D eigenvalue weighted by Gasteiger charge is -2.11. The lowest BCUT2D eigenvalue weighted by Crippen LogP contribution is -2.24. The van der Waals surface area contributed by atoms with Crippen molar-refractivity contribution >= 4 is 68.4 Å². The van der Waals surface area contributed by atoms with Gasteiger partial charge in [0.2, 0.25) is 11.5 Å². The van der Waals surface area contributed by atoms with Crippen molar-refractivity contribution in [2.24, 2.45) is 0 Å². The highest BCUT2D eigenvalue weighted by Gasteiger charge is 2.19. The molecule has 0 aliphatic heterocycles. The normalized spacial score (nSPS) is 11.3. The summed E-state index contributed by atoms with van der Waals surface area (Å²) in [5.74, 6) is -0.164. The van der Waals surface area contributed by atoms with Gasteiger partial charge in [-0.2, -0.15) is 0 Å². The van der Waals surface area contributed by atoms with Crippen molar-refractivity contribution in [1.82, 2.24) is 9.55 Å². The van der Waals surface area contributed by atoms with E-state index in [1.807, 2.05) is 54.8 Å². The van der Waals surface area contributed by atoms with E-state index in [9.17, 15) is 9.59 Å². The number of rotatable bonds is 6. The van der Waals surface area contributed by atoms with Crippen LogP contribution < -0.4 is 10.9 Å². The molecule has 0 bridgehead atoms. The maximum Gasteiger partial charge on any atom is 0.298 e. The molecule has 0 spiro atoms. The monoisotopic (exact) mass is 495 g/mol. The maximum atomic E-state index is 13.4. The van der Waals surface area contributed by atoms with Gasteiger partial charge in [0.15, 0.2) is 5.16 Å². The summed E-state index contributed by atoms with van der Waals surface area (Å²) in [7, 11) is 0. The number of nitrogens with zero attached hydrogens (tertiary/aromatic N) is 2. The van der Waals surface area contributed by atoms with Gasteiger partial charge in [-0.25, -0.2) is 4.98 Å². The minimum atomic E-state index is -0.269. The first-order valence-corrected chi connectivity index (χ1v) is 12.4.